The zero-order chi connectivity index (χ0) is 12.6. The zero-order valence-electron chi connectivity index (χ0n) is 11.8. The molecule has 1 aliphatic heterocycles. The fourth-order valence-electron chi connectivity index (χ4n) is 3.42. The average Bonchev–Trinajstić information content (AvgIpc) is 2.45. The average molecular weight is 254 g/mol. The molecule has 106 valence electrons. The minimum Gasteiger partial charge on any atom is -0.381 e. The van der Waals surface area contributed by atoms with Crippen molar-refractivity contribution in [3.63, 3.8) is 0 Å². The first-order valence-corrected chi connectivity index (χ1v) is 7.92. The van der Waals surface area contributed by atoms with Gasteiger partial charge in [0.1, 0.15) is 0 Å². The number of nitrogens with zero attached hydrogens (tertiary/aromatic N) is 1. The van der Waals surface area contributed by atoms with Crippen molar-refractivity contribution in [2.24, 2.45) is 11.7 Å². The summed E-state index contributed by atoms with van der Waals surface area (Å²) >= 11 is 0. The van der Waals surface area contributed by atoms with Crippen LogP contribution in [0.5, 0.6) is 0 Å². The highest BCUT2D eigenvalue weighted by molar-refractivity contribution is 4.79. The maximum absolute atomic E-state index is 5.69. The van der Waals surface area contributed by atoms with Gasteiger partial charge in [0.15, 0.2) is 0 Å². The highest BCUT2D eigenvalue weighted by Gasteiger charge is 2.24. The summed E-state index contributed by atoms with van der Waals surface area (Å²) in [7, 11) is 0. The molecule has 0 bridgehead atoms. The topological polar surface area (TPSA) is 38.5 Å². The molecule has 2 rings (SSSR count). The fourth-order valence-corrected chi connectivity index (χ4v) is 3.42. The molecular weight excluding hydrogens is 224 g/mol. The summed E-state index contributed by atoms with van der Waals surface area (Å²) in [6.45, 7) is 5.27. The van der Waals surface area contributed by atoms with Crippen molar-refractivity contribution in [3.05, 3.63) is 0 Å². The van der Waals surface area contributed by atoms with Crippen molar-refractivity contribution in [2.45, 2.75) is 57.4 Å². The number of ether oxygens (including phenoxy) is 1. The SMILES string of the molecule is NCCCN(CC1CCOCC1)C1CCCCC1. The summed E-state index contributed by atoms with van der Waals surface area (Å²) in [6, 6.07) is 0.841. The molecule has 3 heteroatoms. The molecule has 2 fully saturated rings. The second-order valence-corrected chi connectivity index (χ2v) is 5.98. The summed E-state index contributed by atoms with van der Waals surface area (Å²) < 4.78 is 5.47. The Hall–Kier alpha value is -0.120. The normalized spacial score (nSPS) is 23.7. The van der Waals surface area contributed by atoms with Crippen LogP contribution >= 0.6 is 0 Å². The van der Waals surface area contributed by atoms with Gasteiger partial charge in [-0.15, -0.1) is 0 Å². The molecule has 0 aromatic carbocycles. The Bertz CT molecular complexity index is 211. The van der Waals surface area contributed by atoms with Crippen molar-refractivity contribution in [2.75, 3.05) is 32.8 Å². The Morgan fingerprint density at radius 3 is 2.39 bits per heavy atom. The van der Waals surface area contributed by atoms with Gasteiger partial charge in [0.05, 0.1) is 0 Å². The van der Waals surface area contributed by atoms with Gasteiger partial charge in [-0.3, -0.25) is 0 Å². The maximum atomic E-state index is 5.69. The first kappa shape index (κ1) is 14.3. The maximum Gasteiger partial charge on any atom is 0.0469 e. The molecule has 2 aliphatic rings. The Kier molecular flexibility index (Phi) is 6.46. The van der Waals surface area contributed by atoms with Gasteiger partial charge in [-0.05, 0) is 51.1 Å². The van der Waals surface area contributed by atoms with Crippen LogP contribution in [0, 0.1) is 5.92 Å². The smallest absolute Gasteiger partial charge is 0.0469 e. The lowest BCUT2D eigenvalue weighted by Crippen LogP contribution is -2.42. The Morgan fingerprint density at radius 2 is 1.72 bits per heavy atom. The Balaban J connectivity index is 1.82. The Morgan fingerprint density at radius 1 is 1.00 bits per heavy atom. The molecule has 0 amide bonds. The monoisotopic (exact) mass is 254 g/mol. The van der Waals surface area contributed by atoms with E-state index in [0.717, 1.165) is 38.1 Å². The standard InChI is InChI=1S/C15H30N2O/c16-9-4-10-17(15-5-2-1-3-6-15)13-14-7-11-18-12-8-14/h14-15H,1-13,16H2. The zero-order valence-corrected chi connectivity index (χ0v) is 11.8. The summed E-state index contributed by atoms with van der Waals surface area (Å²) in [5, 5.41) is 0. The van der Waals surface area contributed by atoms with Crippen LogP contribution in [0.1, 0.15) is 51.4 Å². The predicted octanol–water partition coefficient (Wildman–Crippen LogP) is 2.40. The van der Waals surface area contributed by atoms with Gasteiger partial charge in [-0.2, -0.15) is 0 Å². The number of rotatable bonds is 6. The molecule has 3 nitrogen and oxygen atoms in total. The van der Waals surface area contributed by atoms with Gasteiger partial charge in [0.2, 0.25) is 0 Å². The van der Waals surface area contributed by atoms with Crippen LogP contribution in [0.4, 0.5) is 0 Å². The molecule has 1 saturated heterocycles. The number of hydrogen-bond donors (Lipinski definition) is 1. The molecule has 0 aromatic rings. The molecular formula is C15H30N2O. The van der Waals surface area contributed by atoms with Gasteiger partial charge in [0, 0.05) is 25.8 Å². The second-order valence-electron chi connectivity index (χ2n) is 5.98. The predicted molar refractivity (Wildman–Crippen MR) is 75.7 cm³/mol. The first-order chi connectivity index (χ1) is 8.90. The summed E-state index contributed by atoms with van der Waals surface area (Å²) in [5.74, 6) is 0.860. The number of nitrogens with two attached hydrogens (primary N) is 1. The van der Waals surface area contributed by atoms with Gasteiger partial charge in [-0.25, -0.2) is 0 Å². The lowest BCUT2D eigenvalue weighted by molar-refractivity contribution is 0.0407. The lowest BCUT2D eigenvalue weighted by Gasteiger charge is -2.37. The van der Waals surface area contributed by atoms with E-state index in [1.54, 1.807) is 0 Å². The second kappa shape index (κ2) is 8.13. The Labute approximate surface area is 112 Å². The summed E-state index contributed by atoms with van der Waals surface area (Å²) in [6.07, 6.45) is 10.8. The van der Waals surface area contributed by atoms with Crippen LogP contribution < -0.4 is 5.73 Å². The van der Waals surface area contributed by atoms with E-state index >= 15 is 0 Å². The largest absolute Gasteiger partial charge is 0.381 e. The van der Waals surface area contributed by atoms with Gasteiger partial charge >= 0.3 is 0 Å². The van der Waals surface area contributed by atoms with E-state index < -0.39 is 0 Å². The van der Waals surface area contributed by atoms with E-state index in [1.165, 1.54) is 58.0 Å². The summed E-state index contributed by atoms with van der Waals surface area (Å²) in [4.78, 5) is 2.75. The van der Waals surface area contributed by atoms with Crippen molar-refractivity contribution in [3.8, 4) is 0 Å². The number of hydrogen-bond acceptors (Lipinski definition) is 3. The third-order valence-corrected chi connectivity index (χ3v) is 4.57. The molecule has 1 heterocycles. The molecule has 0 spiro atoms. The van der Waals surface area contributed by atoms with Crippen LogP contribution in [-0.2, 0) is 4.74 Å². The van der Waals surface area contributed by atoms with Gasteiger partial charge < -0.3 is 15.4 Å². The van der Waals surface area contributed by atoms with Crippen molar-refractivity contribution in [1.82, 2.24) is 4.90 Å². The van der Waals surface area contributed by atoms with Crippen molar-refractivity contribution < 1.29 is 4.74 Å². The first-order valence-electron chi connectivity index (χ1n) is 7.92. The molecule has 0 radical (unpaired) electrons. The van der Waals surface area contributed by atoms with Crippen LogP contribution in [0.3, 0.4) is 0 Å². The minimum absolute atomic E-state index is 0.830. The van der Waals surface area contributed by atoms with E-state index in [2.05, 4.69) is 4.90 Å². The van der Waals surface area contributed by atoms with Crippen LogP contribution in [0.25, 0.3) is 0 Å². The van der Waals surface area contributed by atoms with E-state index in [-0.39, 0.29) is 0 Å². The minimum atomic E-state index is 0.830. The van der Waals surface area contributed by atoms with E-state index in [1.807, 2.05) is 0 Å². The van der Waals surface area contributed by atoms with Gasteiger partial charge in [-0.1, -0.05) is 19.3 Å². The van der Waals surface area contributed by atoms with Crippen LogP contribution in [0.15, 0.2) is 0 Å². The van der Waals surface area contributed by atoms with Crippen molar-refractivity contribution >= 4 is 0 Å². The van der Waals surface area contributed by atoms with Gasteiger partial charge in [0.25, 0.3) is 0 Å². The summed E-state index contributed by atoms with van der Waals surface area (Å²) in [5.41, 5.74) is 5.69. The van der Waals surface area contributed by atoms with E-state index in [0.29, 0.717) is 0 Å². The molecule has 1 aliphatic carbocycles. The van der Waals surface area contributed by atoms with E-state index in [9.17, 15) is 0 Å². The lowest BCUT2D eigenvalue weighted by atomic mass is 9.92. The molecule has 0 unspecified atom stereocenters. The van der Waals surface area contributed by atoms with E-state index in [4.69, 9.17) is 10.5 Å². The quantitative estimate of drug-likeness (QED) is 0.791. The molecule has 1 saturated carbocycles. The molecule has 2 N–H and O–H groups in total. The molecule has 18 heavy (non-hydrogen) atoms. The molecule has 0 atom stereocenters. The molecule has 0 aromatic heterocycles. The highest BCUT2D eigenvalue weighted by atomic mass is 16.5. The highest BCUT2D eigenvalue weighted by Crippen LogP contribution is 2.25. The van der Waals surface area contributed by atoms with Crippen molar-refractivity contribution in [1.29, 1.82) is 0 Å². The fraction of sp³-hybridized carbons (Fsp3) is 1.00. The van der Waals surface area contributed by atoms with Crippen LogP contribution in [0.2, 0.25) is 0 Å². The van der Waals surface area contributed by atoms with Crippen LogP contribution in [-0.4, -0.2) is 43.8 Å². The third-order valence-electron chi connectivity index (χ3n) is 4.57. The third kappa shape index (κ3) is 4.52.